The third-order valence-electron chi connectivity index (χ3n) is 16.8. The van der Waals surface area contributed by atoms with E-state index in [1.807, 2.05) is 0 Å². The van der Waals surface area contributed by atoms with Crippen LogP contribution in [0.1, 0.15) is 113 Å². The second kappa shape index (κ2) is 11.6. The molecule has 3 saturated heterocycles. The van der Waals surface area contributed by atoms with Gasteiger partial charge in [-0.1, -0.05) is 34.6 Å². The molecule has 0 aromatic carbocycles. The molecule has 16 atom stereocenters. The highest BCUT2D eigenvalue weighted by Gasteiger charge is 2.84. The van der Waals surface area contributed by atoms with Gasteiger partial charge in [0.15, 0.2) is 6.29 Å². The molecule has 9 nitrogen and oxygen atoms in total. The van der Waals surface area contributed by atoms with Crippen molar-refractivity contribution in [3.63, 3.8) is 0 Å². The van der Waals surface area contributed by atoms with Gasteiger partial charge in [-0.25, -0.2) is 0 Å². The van der Waals surface area contributed by atoms with E-state index >= 15 is 0 Å². The van der Waals surface area contributed by atoms with Crippen molar-refractivity contribution >= 4 is 5.97 Å². The van der Waals surface area contributed by atoms with Gasteiger partial charge in [0.05, 0.1) is 49.3 Å². The molecule has 0 aromatic rings. The Balaban J connectivity index is 1.01. The van der Waals surface area contributed by atoms with Crippen LogP contribution in [-0.4, -0.2) is 102 Å². The van der Waals surface area contributed by atoms with Gasteiger partial charge in [0, 0.05) is 38.4 Å². The second-order valence-electron chi connectivity index (χ2n) is 19.8. The molecule has 2 bridgehead atoms. The van der Waals surface area contributed by atoms with Crippen molar-refractivity contribution in [2.75, 3.05) is 32.8 Å². The number of esters is 1. The van der Waals surface area contributed by atoms with Crippen LogP contribution in [0.4, 0.5) is 0 Å². The van der Waals surface area contributed by atoms with E-state index in [1.54, 1.807) is 13.8 Å². The molecule has 5 aliphatic carbocycles. The number of fused-ring (bicyclic) bond motifs is 6. The lowest BCUT2D eigenvalue weighted by molar-refractivity contribution is -0.234. The number of rotatable bonds is 6. The highest BCUT2D eigenvalue weighted by Crippen LogP contribution is 2.89. The fraction of sp³-hybridized carbons (Fsp3) is 0.975. The molecular formula is C40H65NO8. The van der Waals surface area contributed by atoms with E-state index in [4.69, 9.17) is 23.7 Å². The summed E-state index contributed by atoms with van der Waals surface area (Å²) in [6.07, 6.45) is 8.12. The molecule has 8 aliphatic rings. The minimum atomic E-state index is -1.17. The van der Waals surface area contributed by atoms with Crippen molar-refractivity contribution in [2.24, 2.45) is 50.7 Å². The molecule has 9 heteroatoms. The van der Waals surface area contributed by atoms with E-state index in [0.29, 0.717) is 36.2 Å². The Morgan fingerprint density at radius 2 is 1.76 bits per heavy atom. The van der Waals surface area contributed by atoms with Crippen molar-refractivity contribution in [1.29, 1.82) is 0 Å². The first-order valence-corrected chi connectivity index (χ1v) is 19.8. The molecule has 2 N–H and O–H groups in total. The standard InChI is InChI=1S/C40H65NO8/c1-23-17-25(18-30(36(5,6)44)47-24(2)42)48-33-32(23)37(7)13-14-40-22-39(40)12-11-29(49-31-20-41-15-16-45-26(19-41)21-46-31)35(3,4)27(39)9-10-28(40)38(37,8)34(33)43/h23,25-34,43-44H,9-22H2,1-8H3/t23-,25?,26+,27+,28?,29?,30?,31?,32+,33?,34+,37?,38-,39?,40?/m1/s1. The van der Waals surface area contributed by atoms with Gasteiger partial charge in [-0.05, 0) is 111 Å². The predicted molar refractivity (Wildman–Crippen MR) is 183 cm³/mol. The third-order valence-corrected chi connectivity index (χ3v) is 16.8. The molecule has 3 aliphatic heterocycles. The quantitative estimate of drug-likeness (QED) is 0.358. The number of ether oxygens (including phenoxy) is 5. The van der Waals surface area contributed by atoms with Crippen LogP contribution in [0, 0.1) is 50.7 Å². The largest absolute Gasteiger partial charge is 0.459 e. The van der Waals surface area contributed by atoms with E-state index in [0.717, 1.165) is 51.9 Å². The highest BCUT2D eigenvalue weighted by atomic mass is 16.7. The van der Waals surface area contributed by atoms with Crippen LogP contribution in [0.25, 0.3) is 0 Å². The SMILES string of the molecule is CC(=O)OC(CC1C[C@@H](C)[C@H]2C(O1)[C@H](O)[C@@]1(C)C3CC[C@H]4C(C)(C)C(OC5CN6CCO[C@H](CO5)C6)CCC45CC35CCC21C)C(C)(C)O. The Hall–Kier alpha value is -0.810. The Labute approximate surface area is 294 Å². The summed E-state index contributed by atoms with van der Waals surface area (Å²) in [6.45, 7) is 21.1. The van der Waals surface area contributed by atoms with E-state index in [1.165, 1.54) is 32.6 Å². The lowest BCUT2D eigenvalue weighted by atomic mass is 9.41. The monoisotopic (exact) mass is 687 g/mol. The number of aliphatic hydroxyl groups is 2. The molecular weight excluding hydrogens is 622 g/mol. The van der Waals surface area contributed by atoms with Gasteiger partial charge in [0.2, 0.25) is 0 Å². The maximum atomic E-state index is 12.6. The van der Waals surface area contributed by atoms with Crippen LogP contribution >= 0.6 is 0 Å². The van der Waals surface area contributed by atoms with E-state index < -0.39 is 23.8 Å². The van der Waals surface area contributed by atoms with Crippen molar-refractivity contribution in [2.45, 2.75) is 162 Å². The molecule has 2 spiro atoms. The topological polar surface area (TPSA) is 107 Å². The Morgan fingerprint density at radius 1 is 1.02 bits per heavy atom. The molecule has 8 fully saturated rings. The fourth-order valence-corrected chi connectivity index (χ4v) is 14.5. The van der Waals surface area contributed by atoms with Gasteiger partial charge in [-0.3, -0.25) is 9.69 Å². The van der Waals surface area contributed by atoms with Crippen LogP contribution < -0.4 is 0 Å². The van der Waals surface area contributed by atoms with Crippen LogP contribution in [-0.2, 0) is 28.5 Å². The maximum absolute atomic E-state index is 12.6. The number of hydrogen-bond donors (Lipinski definition) is 2. The summed E-state index contributed by atoms with van der Waals surface area (Å²) in [5, 5.41) is 23.4. The van der Waals surface area contributed by atoms with Crippen molar-refractivity contribution in [3.05, 3.63) is 0 Å². The van der Waals surface area contributed by atoms with Crippen LogP contribution in [0.3, 0.4) is 0 Å². The van der Waals surface area contributed by atoms with Crippen molar-refractivity contribution in [3.8, 4) is 0 Å². The smallest absolute Gasteiger partial charge is 0.303 e. The second-order valence-corrected chi connectivity index (χ2v) is 19.8. The zero-order valence-corrected chi connectivity index (χ0v) is 31.5. The molecule has 5 saturated carbocycles. The predicted octanol–water partition coefficient (Wildman–Crippen LogP) is 5.33. The summed E-state index contributed by atoms with van der Waals surface area (Å²) in [4.78, 5) is 14.4. The summed E-state index contributed by atoms with van der Waals surface area (Å²) >= 11 is 0. The average Bonchev–Trinajstić information content (AvgIpc) is 3.68. The molecule has 0 aromatic heterocycles. The zero-order valence-electron chi connectivity index (χ0n) is 31.5. The molecule has 278 valence electrons. The summed E-state index contributed by atoms with van der Waals surface area (Å²) < 4.78 is 31.7. The number of nitrogens with zero attached hydrogens (tertiary/aromatic N) is 1. The number of carbonyl (C=O) groups is 1. The summed E-state index contributed by atoms with van der Waals surface area (Å²) in [5.74, 6) is 1.34. The fourth-order valence-electron chi connectivity index (χ4n) is 14.5. The van der Waals surface area contributed by atoms with Crippen molar-refractivity contribution in [1.82, 2.24) is 4.90 Å². The van der Waals surface area contributed by atoms with Crippen LogP contribution in [0.2, 0.25) is 0 Å². The maximum Gasteiger partial charge on any atom is 0.303 e. The van der Waals surface area contributed by atoms with Gasteiger partial charge in [-0.2, -0.15) is 0 Å². The summed E-state index contributed by atoms with van der Waals surface area (Å²) in [7, 11) is 0. The normalized spacial score (nSPS) is 53.5. The number of aliphatic hydroxyl groups excluding tert-OH is 1. The molecule has 0 radical (unpaired) electrons. The first-order chi connectivity index (χ1) is 23.0. The Morgan fingerprint density at radius 3 is 2.49 bits per heavy atom. The first-order valence-electron chi connectivity index (χ1n) is 19.8. The van der Waals surface area contributed by atoms with Gasteiger partial charge in [0.25, 0.3) is 0 Å². The lowest BCUT2D eigenvalue weighted by Crippen LogP contribution is -2.60. The number of hydrogen-bond acceptors (Lipinski definition) is 9. The van der Waals surface area contributed by atoms with E-state index in [2.05, 4.69) is 39.5 Å². The Kier molecular flexibility index (Phi) is 8.34. The summed E-state index contributed by atoms with van der Waals surface area (Å²) in [6, 6.07) is 0. The number of carbonyl (C=O) groups excluding carboxylic acids is 1. The molecule has 49 heavy (non-hydrogen) atoms. The summed E-state index contributed by atoms with van der Waals surface area (Å²) in [5.41, 5.74) is -0.755. The molecule has 10 unspecified atom stereocenters. The van der Waals surface area contributed by atoms with E-state index in [9.17, 15) is 15.0 Å². The molecule has 3 heterocycles. The molecule has 0 amide bonds. The van der Waals surface area contributed by atoms with Gasteiger partial charge in [0.1, 0.15) is 6.10 Å². The Bertz CT molecular complexity index is 1300. The highest BCUT2D eigenvalue weighted by molar-refractivity contribution is 5.66. The zero-order chi connectivity index (χ0) is 34.9. The van der Waals surface area contributed by atoms with Gasteiger partial charge < -0.3 is 33.9 Å². The minimum Gasteiger partial charge on any atom is -0.459 e. The average molecular weight is 688 g/mol. The minimum absolute atomic E-state index is 0.0106. The lowest BCUT2D eigenvalue weighted by Gasteiger charge is -2.63. The van der Waals surface area contributed by atoms with Crippen LogP contribution in [0.5, 0.6) is 0 Å². The molecule has 8 rings (SSSR count). The third kappa shape index (κ3) is 5.05. The first kappa shape index (κ1) is 35.2. The van der Waals surface area contributed by atoms with Gasteiger partial charge >= 0.3 is 5.97 Å². The van der Waals surface area contributed by atoms with E-state index in [-0.39, 0.29) is 58.3 Å². The van der Waals surface area contributed by atoms with Crippen molar-refractivity contribution < 1.29 is 38.7 Å². The van der Waals surface area contributed by atoms with Gasteiger partial charge in [-0.15, -0.1) is 0 Å². The van der Waals surface area contributed by atoms with Crippen LogP contribution in [0.15, 0.2) is 0 Å². The number of morpholine rings is 1.